The Morgan fingerprint density at radius 1 is 1.00 bits per heavy atom. The van der Waals surface area contributed by atoms with Gasteiger partial charge >= 0.3 is 0 Å². The molecule has 3 aromatic rings. The van der Waals surface area contributed by atoms with Gasteiger partial charge in [-0.05, 0) is 42.8 Å². The van der Waals surface area contributed by atoms with E-state index in [9.17, 15) is 9.50 Å². The van der Waals surface area contributed by atoms with E-state index in [1.165, 1.54) is 6.07 Å². The number of benzene rings is 3. The van der Waals surface area contributed by atoms with Gasteiger partial charge in [-0.15, -0.1) is 0 Å². The van der Waals surface area contributed by atoms with Crippen molar-refractivity contribution in [3.63, 3.8) is 0 Å². The Morgan fingerprint density at radius 3 is 2.33 bits per heavy atom. The van der Waals surface area contributed by atoms with Crippen LogP contribution in [-0.2, 0) is 13.2 Å². The van der Waals surface area contributed by atoms with Crippen LogP contribution in [0.5, 0.6) is 17.2 Å². The number of hydrogen-bond acceptors (Lipinski definition) is 4. The van der Waals surface area contributed by atoms with Crippen LogP contribution in [0.4, 0.5) is 10.1 Å². The smallest absolute Gasteiger partial charge is 0.162 e. The third-order valence-electron chi connectivity index (χ3n) is 4.25. The number of aromatic hydroxyl groups is 1. The van der Waals surface area contributed by atoms with E-state index in [2.05, 4.69) is 21.2 Å². The van der Waals surface area contributed by atoms with Gasteiger partial charge in [0.2, 0.25) is 0 Å². The van der Waals surface area contributed by atoms with E-state index < -0.39 is 0 Å². The number of ether oxygens (including phenoxy) is 2. The summed E-state index contributed by atoms with van der Waals surface area (Å²) in [5.74, 6) is 0.587. The van der Waals surface area contributed by atoms with Crippen molar-refractivity contribution in [1.29, 1.82) is 0 Å². The molecule has 0 saturated heterocycles. The summed E-state index contributed by atoms with van der Waals surface area (Å²) in [5.41, 5.74) is 2.02. The Kier molecular flexibility index (Phi) is 7.69. The SMILES string of the molecule is CCOc1cc(CNc2cc(Cl)c(O)c(Cl)c2)c(Br)cc1OCc1ccccc1F. The highest BCUT2D eigenvalue weighted by Crippen LogP contribution is 2.37. The average molecular weight is 515 g/mol. The molecule has 0 heterocycles. The molecular weight excluding hydrogens is 496 g/mol. The predicted octanol–water partition coefficient (Wildman–Crippen LogP) is 7.19. The molecule has 0 aliphatic rings. The lowest BCUT2D eigenvalue weighted by molar-refractivity contribution is 0.265. The molecule has 0 fully saturated rings. The molecule has 0 aromatic heterocycles. The lowest BCUT2D eigenvalue weighted by Crippen LogP contribution is -2.05. The first-order valence-corrected chi connectivity index (χ1v) is 10.7. The normalized spacial score (nSPS) is 10.7. The summed E-state index contributed by atoms with van der Waals surface area (Å²) in [6.45, 7) is 2.85. The molecule has 30 heavy (non-hydrogen) atoms. The van der Waals surface area contributed by atoms with Crippen LogP contribution in [0.15, 0.2) is 53.0 Å². The quantitative estimate of drug-likeness (QED) is 0.312. The van der Waals surface area contributed by atoms with Gasteiger partial charge in [-0.2, -0.15) is 0 Å². The van der Waals surface area contributed by atoms with Crippen LogP contribution in [0.2, 0.25) is 10.0 Å². The summed E-state index contributed by atoms with van der Waals surface area (Å²) in [7, 11) is 0. The highest BCUT2D eigenvalue weighted by molar-refractivity contribution is 9.10. The van der Waals surface area contributed by atoms with Crippen LogP contribution >= 0.6 is 39.1 Å². The first-order valence-electron chi connectivity index (χ1n) is 9.12. The largest absolute Gasteiger partial charge is 0.505 e. The van der Waals surface area contributed by atoms with E-state index in [1.807, 2.05) is 13.0 Å². The summed E-state index contributed by atoms with van der Waals surface area (Å²) in [6.07, 6.45) is 0. The zero-order chi connectivity index (χ0) is 21.7. The van der Waals surface area contributed by atoms with Gasteiger partial charge in [0.15, 0.2) is 17.2 Å². The number of phenolic OH excluding ortho intramolecular Hbond substituents is 1. The van der Waals surface area contributed by atoms with Crippen LogP contribution < -0.4 is 14.8 Å². The molecule has 0 atom stereocenters. The first kappa shape index (κ1) is 22.5. The Morgan fingerprint density at radius 2 is 1.67 bits per heavy atom. The van der Waals surface area contributed by atoms with Gasteiger partial charge in [0.25, 0.3) is 0 Å². The molecule has 0 spiro atoms. The summed E-state index contributed by atoms with van der Waals surface area (Å²) in [4.78, 5) is 0. The number of hydrogen-bond donors (Lipinski definition) is 2. The monoisotopic (exact) mass is 513 g/mol. The second kappa shape index (κ2) is 10.2. The Labute approximate surface area is 192 Å². The van der Waals surface area contributed by atoms with Gasteiger partial charge < -0.3 is 19.9 Å². The van der Waals surface area contributed by atoms with E-state index in [-0.39, 0.29) is 28.2 Å². The Balaban J connectivity index is 1.78. The molecule has 0 amide bonds. The van der Waals surface area contributed by atoms with E-state index in [1.54, 1.807) is 36.4 Å². The summed E-state index contributed by atoms with van der Waals surface area (Å²) in [6, 6.07) is 13.3. The fourth-order valence-electron chi connectivity index (χ4n) is 2.73. The Bertz CT molecular complexity index is 1030. The maximum absolute atomic E-state index is 13.9. The van der Waals surface area contributed by atoms with Gasteiger partial charge in [0.05, 0.1) is 16.7 Å². The molecule has 3 rings (SSSR count). The molecule has 0 radical (unpaired) electrons. The molecule has 8 heteroatoms. The minimum atomic E-state index is -0.318. The standard InChI is InChI=1S/C22H19BrCl2FNO3/c1-2-29-20-7-14(11-27-15-8-17(24)22(28)18(25)9-15)16(23)10-21(20)30-12-13-5-3-4-6-19(13)26/h3-10,27-28H,2,11-12H2,1H3. The van der Waals surface area contributed by atoms with E-state index >= 15 is 0 Å². The van der Waals surface area contributed by atoms with Crippen molar-refractivity contribution in [2.75, 3.05) is 11.9 Å². The van der Waals surface area contributed by atoms with Crippen molar-refractivity contribution in [1.82, 2.24) is 0 Å². The van der Waals surface area contributed by atoms with Gasteiger partial charge in [0, 0.05) is 22.3 Å². The summed E-state index contributed by atoms with van der Waals surface area (Å²) < 4.78 is 26.2. The van der Waals surface area contributed by atoms with Gasteiger partial charge in [-0.3, -0.25) is 0 Å². The molecule has 0 saturated carbocycles. The molecule has 0 unspecified atom stereocenters. The molecule has 0 aliphatic carbocycles. The molecule has 0 aliphatic heterocycles. The maximum atomic E-state index is 13.9. The number of nitrogens with one attached hydrogen (secondary N) is 1. The zero-order valence-corrected chi connectivity index (χ0v) is 19.1. The first-order chi connectivity index (χ1) is 14.4. The third-order valence-corrected chi connectivity index (χ3v) is 5.57. The average Bonchev–Trinajstić information content (AvgIpc) is 2.72. The number of rotatable bonds is 8. The third kappa shape index (κ3) is 5.50. The number of halogens is 4. The van der Waals surface area contributed by atoms with Gasteiger partial charge in [0.1, 0.15) is 12.4 Å². The second-order valence-corrected chi connectivity index (χ2v) is 8.01. The minimum Gasteiger partial charge on any atom is -0.505 e. The minimum absolute atomic E-state index is 0.0846. The topological polar surface area (TPSA) is 50.7 Å². The van der Waals surface area contributed by atoms with Crippen molar-refractivity contribution in [3.8, 4) is 17.2 Å². The van der Waals surface area contributed by atoms with E-state index in [0.717, 1.165) is 10.0 Å². The van der Waals surface area contributed by atoms with Gasteiger partial charge in [-0.1, -0.05) is 57.3 Å². The van der Waals surface area contributed by atoms with Crippen LogP contribution in [0, 0.1) is 5.82 Å². The van der Waals surface area contributed by atoms with Crippen molar-refractivity contribution in [3.05, 3.63) is 80.0 Å². The van der Waals surface area contributed by atoms with Crippen molar-refractivity contribution in [2.45, 2.75) is 20.1 Å². The lowest BCUT2D eigenvalue weighted by atomic mass is 10.2. The molecule has 158 valence electrons. The maximum Gasteiger partial charge on any atom is 0.162 e. The summed E-state index contributed by atoms with van der Waals surface area (Å²) in [5, 5.41) is 13.2. The van der Waals surface area contributed by atoms with Crippen LogP contribution in [-0.4, -0.2) is 11.7 Å². The predicted molar refractivity (Wildman–Crippen MR) is 121 cm³/mol. The number of anilines is 1. The van der Waals surface area contributed by atoms with Crippen molar-refractivity contribution < 1.29 is 19.0 Å². The Hall–Kier alpha value is -2.15. The van der Waals surface area contributed by atoms with Gasteiger partial charge in [-0.25, -0.2) is 4.39 Å². The highest BCUT2D eigenvalue weighted by Gasteiger charge is 2.13. The lowest BCUT2D eigenvalue weighted by Gasteiger charge is -2.16. The molecule has 4 nitrogen and oxygen atoms in total. The van der Waals surface area contributed by atoms with E-state index in [4.69, 9.17) is 32.7 Å². The number of phenols is 1. The fraction of sp³-hybridized carbons (Fsp3) is 0.182. The fourth-order valence-corrected chi connectivity index (χ4v) is 3.68. The molecular formula is C22H19BrCl2FNO3. The van der Waals surface area contributed by atoms with Crippen molar-refractivity contribution >= 4 is 44.8 Å². The zero-order valence-electron chi connectivity index (χ0n) is 16.0. The molecule has 2 N–H and O–H groups in total. The van der Waals surface area contributed by atoms with Crippen molar-refractivity contribution in [2.24, 2.45) is 0 Å². The molecule has 0 bridgehead atoms. The van der Waals surface area contributed by atoms with Crippen LogP contribution in [0.25, 0.3) is 0 Å². The highest BCUT2D eigenvalue weighted by atomic mass is 79.9. The molecule has 3 aromatic carbocycles. The summed E-state index contributed by atoms with van der Waals surface area (Å²) >= 11 is 15.5. The van der Waals surface area contributed by atoms with E-state index in [0.29, 0.717) is 35.9 Å². The van der Waals surface area contributed by atoms with Crippen LogP contribution in [0.1, 0.15) is 18.1 Å². The van der Waals surface area contributed by atoms with Crippen LogP contribution in [0.3, 0.4) is 0 Å². The second-order valence-electron chi connectivity index (χ2n) is 6.35.